The molecule has 0 aliphatic carbocycles. The molecule has 4 heterocycles. The van der Waals surface area contributed by atoms with Gasteiger partial charge < -0.3 is 5.32 Å². The number of rotatable bonds is 5. The van der Waals surface area contributed by atoms with Gasteiger partial charge in [-0.1, -0.05) is 19.1 Å². The Labute approximate surface area is 170 Å². The Morgan fingerprint density at radius 3 is 2.93 bits per heavy atom. The molecule has 0 bridgehead atoms. The molecule has 1 aromatic carbocycles. The van der Waals surface area contributed by atoms with Crippen LogP contribution < -0.4 is 5.32 Å². The molecule has 2 N–H and O–H groups in total. The summed E-state index contributed by atoms with van der Waals surface area (Å²) in [6.45, 7) is 4.13. The topological polar surface area (TPSA) is 71.4 Å². The summed E-state index contributed by atoms with van der Waals surface area (Å²) in [5, 5.41) is 16.9. The zero-order chi connectivity index (χ0) is 19.1. The van der Waals surface area contributed by atoms with Crippen LogP contribution in [0.2, 0.25) is 0 Å². The Balaban J connectivity index is 1.62. The molecule has 5 aromatic rings. The fourth-order valence-electron chi connectivity index (χ4n) is 3.18. The van der Waals surface area contributed by atoms with Crippen LogP contribution in [0.25, 0.3) is 33.2 Å². The first kappa shape index (κ1) is 17.3. The van der Waals surface area contributed by atoms with Crippen LogP contribution in [0.15, 0.2) is 47.3 Å². The highest BCUT2D eigenvalue weighted by Crippen LogP contribution is 2.31. The summed E-state index contributed by atoms with van der Waals surface area (Å²) in [7, 11) is 0. The van der Waals surface area contributed by atoms with E-state index < -0.39 is 0 Å². The van der Waals surface area contributed by atoms with Gasteiger partial charge in [-0.2, -0.15) is 5.10 Å². The molecule has 28 heavy (non-hydrogen) atoms. The predicted octanol–water partition coefficient (Wildman–Crippen LogP) is 5.60. The van der Waals surface area contributed by atoms with Gasteiger partial charge in [0.15, 0.2) is 11.6 Å². The van der Waals surface area contributed by atoms with E-state index in [2.05, 4.69) is 67.6 Å². The molecule has 0 radical (unpaired) electrons. The van der Waals surface area contributed by atoms with Crippen molar-refractivity contribution in [3.05, 3.63) is 53.0 Å². The third kappa shape index (κ3) is 3.04. The molecule has 0 saturated heterocycles. The molecule has 0 spiro atoms. The monoisotopic (exact) mass is 406 g/mol. The van der Waals surface area contributed by atoms with E-state index in [0.717, 1.165) is 39.5 Å². The van der Waals surface area contributed by atoms with E-state index in [1.54, 1.807) is 23.3 Å². The minimum Gasteiger partial charge on any atom is -0.323 e. The summed E-state index contributed by atoms with van der Waals surface area (Å²) in [5.41, 5.74) is 4.11. The van der Waals surface area contributed by atoms with Crippen molar-refractivity contribution in [2.45, 2.75) is 13.8 Å². The first-order chi connectivity index (χ1) is 13.7. The SMILES string of the molecule is CCSn1ccc2ccc(-c3nc(Nc4cc(C)[nH]n4)c4cscc4n3)cc21. The van der Waals surface area contributed by atoms with E-state index in [9.17, 15) is 0 Å². The molecule has 0 aliphatic rings. The van der Waals surface area contributed by atoms with Gasteiger partial charge in [0.2, 0.25) is 0 Å². The van der Waals surface area contributed by atoms with Crippen molar-refractivity contribution in [1.29, 1.82) is 0 Å². The third-order valence-electron chi connectivity index (χ3n) is 4.48. The number of hydrogen-bond acceptors (Lipinski definition) is 6. The van der Waals surface area contributed by atoms with Gasteiger partial charge in [-0.3, -0.25) is 9.07 Å². The number of H-pyrrole nitrogens is 1. The minimum absolute atomic E-state index is 0.705. The summed E-state index contributed by atoms with van der Waals surface area (Å²) < 4.78 is 2.20. The lowest BCUT2D eigenvalue weighted by Gasteiger charge is -2.08. The van der Waals surface area contributed by atoms with Crippen LogP contribution >= 0.6 is 23.3 Å². The summed E-state index contributed by atoms with van der Waals surface area (Å²) >= 11 is 3.40. The van der Waals surface area contributed by atoms with Crippen LogP contribution in [0.3, 0.4) is 0 Å². The number of aromatic amines is 1. The zero-order valence-corrected chi connectivity index (χ0v) is 17.1. The molecule has 140 valence electrons. The summed E-state index contributed by atoms with van der Waals surface area (Å²) in [4.78, 5) is 9.62. The Hall–Kier alpha value is -2.84. The average molecular weight is 407 g/mol. The van der Waals surface area contributed by atoms with Gasteiger partial charge in [-0.15, -0.1) is 11.3 Å². The van der Waals surface area contributed by atoms with Gasteiger partial charge in [-0.25, -0.2) is 9.97 Å². The van der Waals surface area contributed by atoms with Gasteiger partial charge in [-0.05, 0) is 31.0 Å². The number of hydrogen-bond donors (Lipinski definition) is 2. The molecule has 0 unspecified atom stereocenters. The van der Waals surface area contributed by atoms with Crippen molar-refractivity contribution in [3.8, 4) is 11.4 Å². The second-order valence-corrected chi connectivity index (χ2v) is 8.43. The predicted molar refractivity (Wildman–Crippen MR) is 118 cm³/mol. The summed E-state index contributed by atoms with van der Waals surface area (Å²) in [6, 6.07) is 10.5. The van der Waals surface area contributed by atoms with Crippen molar-refractivity contribution in [3.63, 3.8) is 0 Å². The maximum Gasteiger partial charge on any atom is 0.162 e. The van der Waals surface area contributed by atoms with Crippen molar-refractivity contribution in [2.24, 2.45) is 0 Å². The van der Waals surface area contributed by atoms with Crippen LogP contribution in [0.5, 0.6) is 0 Å². The lowest BCUT2D eigenvalue weighted by Crippen LogP contribution is -1.98. The number of nitrogens with one attached hydrogen (secondary N) is 2. The fourth-order valence-corrected chi connectivity index (χ4v) is 4.65. The Morgan fingerprint density at radius 2 is 2.11 bits per heavy atom. The number of fused-ring (bicyclic) bond motifs is 2. The zero-order valence-electron chi connectivity index (χ0n) is 15.4. The fraction of sp³-hybridized carbons (Fsp3) is 0.150. The molecule has 0 saturated carbocycles. The van der Waals surface area contributed by atoms with E-state index in [-0.39, 0.29) is 0 Å². The molecule has 4 aromatic heterocycles. The highest BCUT2D eigenvalue weighted by atomic mass is 32.2. The van der Waals surface area contributed by atoms with Gasteiger partial charge in [0.25, 0.3) is 0 Å². The van der Waals surface area contributed by atoms with Crippen molar-refractivity contribution in [1.82, 2.24) is 24.1 Å². The van der Waals surface area contributed by atoms with Crippen LogP contribution in [0.1, 0.15) is 12.6 Å². The maximum atomic E-state index is 4.83. The highest BCUT2D eigenvalue weighted by molar-refractivity contribution is 7.97. The largest absolute Gasteiger partial charge is 0.323 e. The van der Waals surface area contributed by atoms with Crippen LogP contribution in [-0.2, 0) is 0 Å². The number of aryl methyl sites for hydroxylation is 1. The second-order valence-electron chi connectivity index (χ2n) is 6.46. The number of anilines is 2. The standard InChI is InChI=1S/C20H18N6S2/c1-3-28-26-7-6-13-4-5-14(9-17(13)26)19-21-16-11-27-10-15(16)20(23-19)22-18-8-12(2)24-25-18/h4-11H,3H2,1-2H3,(H2,21,22,23,24,25). The van der Waals surface area contributed by atoms with Crippen molar-refractivity contribution in [2.75, 3.05) is 11.1 Å². The van der Waals surface area contributed by atoms with Gasteiger partial charge in [0.1, 0.15) is 5.82 Å². The first-order valence-corrected chi connectivity index (χ1v) is 10.9. The van der Waals surface area contributed by atoms with Crippen molar-refractivity contribution < 1.29 is 0 Å². The molecule has 0 amide bonds. The first-order valence-electron chi connectivity index (χ1n) is 8.99. The molecular weight excluding hydrogens is 388 g/mol. The molecular formula is C20H18N6S2. The van der Waals surface area contributed by atoms with Gasteiger partial charge in [0, 0.05) is 45.4 Å². The molecule has 5 rings (SSSR count). The van der Waals surface area contributed by atoms with Crippen LogP contribution in [0.4, 0.5) is 11.6 Å². The van der Waals surface area contributed by atoms with Crippen LogP contribution in [-0.4, -0.2) is 29.9 Å². The normalized spacial score (nSPS) is 11.5. The molecule has 0 aliphatic heterocycles. The van der Waals surface area contributed by atoms with Crippen LogP contribution in [0, 0.1) is 6.92 Å². The highest BCUT2D eigenvalue weighted by Gasteiger charge is 2.13. The lowest BCUT2D eigenvalue weighted by atomic mass is 10.1. The summed E-state index contributed by atoms with van der Waals surface area (Å²) in [6.07, 6.45) is 2.11. The van der Waals surface area contributed by atoms with E-state index in [1.807, 2.05) is 13.0 Å². The molecule has 8 heteroatoms. The Morgan fingerprint density at radius 1 is 1.18 bits per heavy atom. The number of nitrogens with zero attached hydrogens (tertiary/aromatic N) is 4. The maximum absolute atomic E-state index is 4.83. The molecule has 0 atom stereocenters. The number of aromatic nitrogens is 5. The smallest absolute Gasteiger partial charge is 0.162 e. The van der Waals surface area contributed by atoms with E-state index in [1.165, 1.54) is 10.9 Å². The quantitative estimate of drug-likeness (QED) is 0.397. The third-order valence-corrected chi connectivity index (χ3v) is 6.06. The van der Waals surface area contributed by atoms with Gasteiger partial charge in [0.05, 0.1) is 16.4 Å². The molecule has 0 fully saturated rings. The summed E-state index contributed by atoms with van der Waals surface area (Å²) in [5.74, 6) is 3.24. The van der Waals surface area contributed by atoms with E-state index >= 15 is 0 Å². The minimum atomic E-state index is 0.705. The Bertz CT molecular complexity index is 1280. The van der Waals surface area contributed by atoms with E-state index in [4.69, 9.17) is 9.97 Å². The average Bonchev–Trinajstić information content (AvgIpc) is 3.42. The molecule has 6 nitrogen and oxygen atoms in total. The Kier molecular flexibility index (Phi) is 4.29. The number of thiophene rings is 1. The van der Waals surface area contributed by atoms with E-state index in [0.29, 0.717) is 5.82 Å². The number of benzene rings is 1. The van der Waals surface area contributed by atoms with Gasteiger partial charge >= 0.3 is 0 Å². The second kappa shape index (κ2) is 6.96. The van der Waals surface area contributed by atoms with Crippen molar-refractivity contribution >= 4 is 56.7 Å². The lowest BCUT2D eigenvalue weighted by molar-refractivity contribution is 1.05.